The van der Waals surface area contributed by atoms with Gasteiger partial charge in [-0.05, 0) is 43.3 Å². The molecule has 5 nitrogen and oxygen atoms in total. The summed E-state index contributed by atoms with van der Waals surface area (Å²) in [5.74, 6) is -1.31. The van der Waals surface area contributed by atoms with E-state index in [4.69, 9.17) is 4.74 Å². The van der Waals surface area contributed by atoms with Crippen molar-refractivity contribution in [2.45, 2.75) is 6.92 Å². The summed E-state index contributed by atoms with van der Waals surface area (Å²) in [5.41, 5.74) is 1.55. The Hall–Kier alpha value is -3.15. The lowest BCUT2D eigenvalue weighted by Crippen LogP contribution is -2.16. The van der Waals surface area contributed by atoms with Crippen molar-refractivity contribution in [3.05, 3.63) is 65.6 Å². The van der Waals surface area contributed by atoms with Crippen LogP contribution in [0.5, 0.6) is 0 Å². The molecular weight excluding hydrogens is 311 g/mol. The summed E-state index contributed by atoms with van der Waals surface area (Å²) in [4.78, 5) is 27.3. The Labute approximate surface area is 137 Å². The Morgan fingerprint density at radius 2 is 1.96 bits per heavy atom. The third kappa shape index (κ3) is 3.12. The lowest BCUT2D eigenvalue weighted by atomic mass is 10.1. The van der Waals surface area contributed by atoms with Gasteiger partial charge in [0.25, 0.3) is 5.91 Å². The van der Waals surface area contributed by atoms with Crippen LogP contribution in [-0.2, 0) is 4.74 Å². The van der Waals surface area contributed by atoms with E-state index in [-0.39, 0.29) is 23.7 Å². The Bertz CT molecular complexity index is 918. The highest BCUT2D eigenvalue weighted by Gasteiger charge is 2.16. The minimum atomic E-state index is -0.507. The number of aromatic amines is 1. The number of anilines is 1. The molecule has 3 rings (SSSR count). The van der Waals surface area contributed by atoms with Crippen LogP contribution in [0.4, 0.5) is 10.1 Å². The lowest BCUT2D eigenvalue weighted by Gasteiger charge is -2.09. The van der Waals surface area contributed by atoms with Gasteiger partial charge in [-0.3, -0.25) is 4.79 Å². The molecular formula is C18H15FN2O3. The molecule has 0 bridgehead atoms. The van der Waals surface area contributed by atoms with Crippen molar-refractivity contribution in [3.63, 3.8) is 0 Å². The van der Waals surface area contributed by atoms with Crippen LogP contribution in [0, 0.1) is 5.82 Å². The minimum Gasteiger partial charge on any atom is -0.462 e. The highest BCUT2D eigenvalue weighted by molar-refractivity contribution is 6.09. The second kappa shape index (κ2) is 6.54. The van der Waals surface area contributed by atoms with Crippen LogP contribution in [0.2, 0.25) is 0 Å². The first-order valence-corrected chi connectivity index (χ1v) is 7.44. The number of ether oxygens (including phenoxy) is 1. The average Bonchev–Trinajstić information content (AvgIpc) is 2.98. The van der Waals surface area contributed by atoms with Crippen LogP contribution in [0.3, 0.4) is 0 Å². The van der Waals surface area contributed by atoms with Crippen LogP contribution < -0.4 is 5.32 Å². The van der Waals surface area contributed by atoms with Crippen molar-refractivity contribution < 1.29 is 18.7 Å². The second-order valence-electron chi connectivity index (χ2n) is 5.13. The van der Waals surface area contributed by atoms with Crippen molar-refractivity contribution in [1.82, 2.24) is 4.98 Å². The molecule has 0 aliphatic rings. The molecule has 0 saturated carbocycles. The highest BCUT2D eigenvalue weighted by atomic mass is 19.1. The quantitative estimate of drug-likeness (QED) is 0.718. The number of carbonyl (C=O) groups excluding carboxylic acids is 2. The molecule has 0 spiro atoms. The zero-order chi connectivity index (χ0) is 17.1. The summed E-state index contributed by atoms with van der Waals surface area (Å²) in [7, 11) is 0. The topological polar surface area (TPSA) is 71.2 Å². The Morgan fingerprint density at radius 1 is 1.17 bits per heavy atom. The number of hydrogen-bond donors (Lipinski definition) is 2. The smallest absolute Gasteiger partial charge is 0.340 e. The minimum absolute atomic E-state index is 0.245. The van der Waals surface area contributed by atoms with Crippen LogP contribution >= 0.6 is 0 Å². The normalized spacial score (nSPS) is 10.6. The second-order valence-corrected chi connectivity index (χ2v) is 5.13. The Kier molecular flexibility index (Phi) is 4.29. The zero-order valence-corrected chi connectivity index (χ0v) is 12.9. The molecule has 1 heterocycles. The number of H-pyrrole nitrogens is 1. The SMILES string of the molecule is CCOC(=O)c1ccccc1NC(=O)c1cc2cc(F)ccc2[nH]1. The first kappa shape index (κ1) is 15.7. The van der Waals surface area contributed by atoms with Gasteiger partial charge >= 0.3 is 5.97 Å². The van der Waals surface area contributed by atoms with Crippen LogP contribution in [0.25, 0.3) is 10.9 Å². The van der Waals surface area contributed by atoms with Gasteiger partial charge in [0.15, 0.2) is 0 Å². The maximum absolute atomic E-state index is 13.2. The number of fused-ring (bicyclic) bond motifs is 1. The number of nitrogens with one attached hydrogen (secondary N) is 2. The van der Waals surface area contributed by atoms with Crippen molar-refractivity contribution >= 4 is 28.5 Å². The molecule has 0 aliphatic carbocycles. The molecule has 1 amide bonds. The number of rotatable bonds is 4. The van der Waals surface area contributed by atoms with Crippen molar-refractivity contribution in [2.75, 3.05) is 11.9 Å². The van der Waals surface area contributed by atoms with Gasteiger partial charge in [0.1, 0.15) is 11.5 Å². The summed E-state index contributed by atoms with van der Waals surface area (Å²) >= 11 is 0. The highest BCUT2D eigenvalue weighted by Crippen LogP contribution is 2.20. The summed E-state index contributed by atoms with van der Waals surface area (Å²) < 4.78 is 18.2. The van der Waals surface area contributed by atoms with Gasteiger partial charge in [0, 0.05) is 10.9 Å². The molecule has 0 unspecified atom stereocenters. The van der Waals surface area contributed by atoms with Gasteiger partial charge in [-0.2, -0.15) is 0 Å². The molecule has 0 radical (unpaired) electrons. The van der Waals surface area contributed by atoms with E-state index in [0.29, 0.717) is 16.6 Å². The van der Waals surface area contributed by atoms with Gasteiger partial charge in [-0.1, -0.05) is 12.1 Å². The van der Waals surface area contributed by atoms with E-state index in [1.807, 2.05) is 0 Å². The largest absolute Gasteiger partial charge is 0.462 e. The molecule has 0 atom stereocenters. The van der Waals surface area contributed by atoms with Crippen LogP contribution in [0.15, 0.2) is 48.5 Å². The summed E-state index contributed by atoms with van der Waals surface area (Å²) in [6.07, 6.45) is 0. The first-order valence-electron chi connectivity index (χ1n) is 7.44. The number of hydrogen-bond acceptors (Lipinski definition) is 3. The van der Waals surface area contributed by atoms with E-state index in [2.05, 4.69) is 10.3 Å². The third-order valence-electron chi connectivity index (χ3n) is 3.50. The zero-order valence-electron chi connectivity index (χ0n) is 12.9. The van der Waals surface area contributed by atoms with Gasteiger partial charge in [-0.15, -0.1) is 0 Å². The van der Waals surface area contributed by atoms with Crippen molar-refractivity contribution in [2.24, 2.45) is 0 Å². The van der Waals surface area contributed by atoms with E-state index >= 15 is 0 Å². The maximum atomic E-state index is 13.2. The molecule has 0 saturated heterocycles. The predicted octanol–water partition coefficient (Wildman–Crippen LogP) is 3.74. The molecule has 2 aromatic carbocycles. The van der Waals surface area contributed by atoms with Crippen LogP contribution in [0.1, 0.15) is 27.8 Å². The lowest BCUT2D eigenvalue weighted by molar-refractivity contribution is 0.0527. The summed E-state index contributed by atoms with van der Waals surface area (Å²) in [6.45, 7) is 1.96. The number of para-hydroxylation sites is 1. The van der Waals surface area contributed by atoms with E-state index < -0.39 is 11.9 Å². The van der Waals surface area contributed by atoms with Crippen molar-refractivity contribution in [3.8, 4) is 0 Å². The standard InChI is InChI=1S/C18H15FN2O3/c1-2-24-18(23)13-5-3-4-6-15(13)21-17(22)16-10-11-9-12(19)7-8-14(11)20-16/h3-10,20H,2H2,1H3,(H,21,22). The molecule has 1 aromatic heterocycles. The number of halogens is 1. The first-order chi connectivity index (χ1) is 11.6. The average molecular weight is 326 g/mol. The summed E-state index contributed by atoms with van der Waals surface area (Å²) in [6, 6.07) is 12.4. The Morgan fingerprint density at radius 3 is 2.75 bits per heavy atom. The molecule has 24 heavy (non-hydrogen) atoms. The summed E-state index contributed by atoms with van der Waals surface area (Å²) in [5, 5.41) is 3.27. The number of amides is 1. The van der Waals surface area contributed by atoms with E-state index in [1.54, 1.807) is 43.3 Å². The number of esters is 1. The fourth-order valence-electron chi connectivity index (χ4n) is 2.39. The molecule has 6 heteroatoms. The van der Waals surface area contributed by atoms with Crippen LogP contribution in [-0.4, -0.2) is 23.5 Å². The number of carbonyl (C=O) groups is 2. The predicted molar refractivity (Wildman–Crippen MR) is 88.6 cm³/mol. The molecule has 2 N–H and O–H groups in total. The maximum Gasteiger partial charge on any atom is 0.340 e. The molecule has 0 aliphatic heterocycles. The van der Waals surface area contributed by atoms with Gasteiger partial charge in [0.2, 0.25) is 0 Å². The van der Waals surface area contributed by atoms with Gasteiger partial charge in [0.05, 0.1) is 17.9 Å². The number of benzene rings is 2. The monoisotopic (exact) mass is 326 g/mol. The third-order valence-corrected chi connectivity index (χ3v) is 3.50. The Balaban J connectivity index is 1.87. The van der Waals surface area contributed by atoms with E-state index in [1.165, 1.54) is 12.1 Å². The van der Waals surface area contributed by atoms with Gasteiger partial charge < -0.3 is 15.0 Å². The molecule has 3 aromatic rings. The van der Waals surface area contributed by atoms with E-state index in [9.17, 15) is 14.0 Å². The molecule has 0 fully saturated rings. The fourth-order valence-corrected chi connectivity index (χ4v) is 2.39. The van der Waals surface area contributed by atoms with Gasteiger partial charge in [-0.25, -0.2) is 9.18 Å². The fraction of sp³-hybridized carbons (Fsp3) is 0.111. The number of aromatic nitrogens is 1. The van der Waals surface area contributed by atoms with E-state index in [0.717, 1.165) is 0 Å². The van der Waals surface area contributed by atoms with Crippen molar-refractivity contribution in [1.29, 1.82) is 0 Å². The molecule has 122 valence electrons.